The Morgan fingerprint density at radius 1 is 1.14 bits per heavy atom. The first-order valence-electron chi connectivity index (χ1n) is 9.07. The van der Waals surface area contributed by atoms with Gasteiger partial charge in [-0.1, -0.05) is 41.9 Å². The standard InChI is InChI=1S/C22H19ClN2O3/c1-14(19-12-15-6-2-5-9-18(15)27-19)25-21(26)10-11-22-24-13-20(28-22)16-7-3-4-8-17(16)23/h2-9,12-14H,10-11H2,1H3,(H,25,26). The van der Waals surface area contributed by atoms with Gasteiger partial charge in [0.25, 0.3) is 0 Å². The van der Waals surface area contributed by atoms with Crippen molar-refractivity contribution in [1.82, 2.24) is 10.3 Å². The van der Waals surface area contributed by atoms with E-state index in [9.17, 15) is 4.79 Å². The van der Waals surface area contributed by atoms with Crippen LogP contribution >= 0.6 is 11.6 Å². The Hall–Kier alpha value is -3.05. The topological polar surface area (TPSA) is 68.3 Å². The molecule has 4 rings (SSSR count). The molecule has 0 aliphatic rings. The summed E-state index contributed by atoms with van der Waals surface area (Å²) >= 11 is 6.18. The maximum atomic E-state index is 12.3. The van der Waals surface area contributed by atoms with Crippen molar-refractivity contribution in [2.75, 3.05) is 0 Å². The fourth-order valence-corrected chi connectivity index (χ4v) is 3.26. The van der Waals surface area contributed by atoms with Crippen LogP contribution in [0.25, 0.3) is 22.3 Å². The molecule has 0 aliphatic heterocycles. The molecular weight excluding hydrogens is 376 g/mol. The number of amides is 1. The van der Waals surface area contributed by atoms with Gasteiger partial charge < -0.3 is 14.2 Å². The van der Waals surface area contributed by atoms with E-state index in [2.05, 4.69) is 10.3 Å². The maximum Gasteiger partial charge on any atom is 0.221 e. The summed E-state index contributed by atoms with van der Waals surface area (Å²) in [6, 6.07) is 16.9. The molecule has 2 aromatic carbocycles. The second-order valence-corrected chi connectivity index (χ2v) is 6.98. The zero-order chi connectivity index (χ0) is 19.5. The first kappa shape index (κ1) is 18.3. The van der Waals surface area contributed by atoms with Gasteiger partial charge in [0.05, 0.1) is 17.3 Å². The van der Waals surface area contributed by atoms with Crippen LogP contribution in [-0.2, 0) is 11.2 Å². The monoisotopic (exact) mass is 394 g/mol. The summed E-state index contributed by atoms with van der Waals surface area (Å²) in [7, 11) is 0. The third-order valence-electron chi connectivity index (χ3n) is 4.51. The first-order valence-corrected chi connectivity index (χ1v) is 9.45. The van der Waals surface area contributed by atoms with E-state index in [1.165, 1.54) is 0 Å². The number of hydrogen-bond donors (Lipinski definition) is 1. The first-order chi connectivity index (χ1) is 13.6. The second-order valence-electron chi connectivity index (χ2n) is 6.57. The number of oxazole rings is 1. The van der Waals surface area contributed by atoms with Crippen LogP contribution in [-0.4, -0.2) is 10.9 Å². The van der Waals surface area contributed by atoms with E-state index in [1.54, 1.807) is 12.3 Å². The molecule has 1 unspecified atom stereocenters. The van der Waals surface area contributed by atoms with Crippen LogP contribution in [0.1, 0.15) is 31.0 Å². The molecule has 28 heavy (non-hydrogen) atoms. The summed E-state index contributed by atoms with van der Waals surface area (Å²) in [6.07, 6.45) is 2.31. The van der Waals surface area contributed by atoms with Crippen molar-refractivity contribution in [1.29, 1.82) is 0 Å². The molecule has 2 heterocycles. The zero-order valence-corrected chi connectivity index (χ0v) is 16.1. The van der Waals surface area contributed by atoms with Gasteiger partial charge in [-0.2, -0.15) is 0 Å². The molecule has 0 fully saturated rings. The van der Waals surface area contributed by atoms with Gasteiger partial charge in [0.1, 0.15) is 11.3 Å². The van der Waals surface area contributed by atoms with Gasteiger partial charge >= 0.3 is 0 Å². The van der Waals surface area contributed by atoms with Crippen LogP contribution in [0.3, 0.4) is 0 Å². The predicted molar refractivity (Wildman–Crippen MR) is 108 cm³/mol. The average molecular weight is 395 g/mol. The van der Waals surface area contributed by atoms with Crippen molar-refractivity contribution < 1.29 is 13.6 Å². The van der Waals surface area contributed by atoms with Gasteiger partial charge in [0.2, 0.25) is 5.91 Å². The number of nitrogens with one attached hydrogen (secondary N) is 1. The Kier molecular flexibility index (Phi) is 5.17. The average Bonchev–Trinajstić information content (AvgIpc) is 3.34. The molecule has 1 N–H and O–H groups in total. The summed E-state index contributed by atoms with van der Waals surface area (Å²) in [5.74, 6) is 1.73. The SMILES string of the molecule is CC(NC(=O)CCc1ncc(-c2ccccc2Cl)o1)c1cc2ccccc2o1. The van der Waals surface area contributed by atoms with E-state index >= 15 is 0 Å². The minimum Gasteiger partial charge on any atom is -0.459 e. The third-order valence-corrected chi connectivity index (χ3v) is 4.84. The molecule has 0 saturated carbocycles. The fourth-order valence-electron chi connectivity index (χ4n) is 3.03. The zero-order valence-electron chi connectivity index (χ0n) is 15.3. The van der Waals surface area contributed by atoms with Crippen molar-refractivity contribution in [3.05, 3.63) is 77.5 Å². The highest BCUT2D eigenvalue weighted by molar-refractivity contribution is 6.33. The molecule has 0 bridgehead atoms. The van der Waals surface area contributed by atoms with Crippen LogP contribution in [0.15, 0.2) is 69.6 Å². The Morgan fingerprint density at radius 3 is 2.75 bits per heavy atom. The van der Waals surface area contributed by atoms with E-state index in [0.717, 1.165) is 22.3 Å². The lowest BCUT2D eigenvalue weighted by Crippen LogP contribution is -2.26. The van der Waals surface area contributed by atoms with Crippen molar-refractivity contribution in [2.24, 2.45) is 0 Å². The fraction of sp³-hybridized carbons (Fsp3) is 0.182. The molecule has 1 amide bonds. The number of rotatable bonds is 6. The van der Waals surface area contributed by atoms with Crippen LogP contribution in [0, 0.1) is 0 Å². The van der Waals surface area contributed by atoms with Crippen molar-refractivity contribution in [2.45, 2.75) is 25.8 Å². The molecule has 0 radical (unpaired) electrons. The van der Waals surface area contributed by atoms with Gasteiger partial charge in [-0.25, -0.2) is 4.98 Å². The van der Waals surface area contributed by atoms with Gasteiger partial charge in [0.15, 0.2) is 11.7 Å². The third kappa shape index (κ3) is 3.94. The number of nitrogens with zero attached hydrogens (tertiary/aromatic N) is 1. The van der Waals surface area contributed by atoms with E-state index in [4.69, 9.17) is 20.4 Å². The number of hydrogen-bond acceptors (Lipinski definition) is 4. The number of carbonyl (C=O) groups is 1. The molecule has 1 atom stereocenters. The van der Waals surface area contributed by atoms with Gasteiger partial charge in [0, 0.05) is 23.8 Å². The predicted octanol–water partition coefficient (Wildman–Crippen LogP) is 5.55. The van der Waals surface area contributed by atoms with Crippen molar-refractivity contribution in [3.8, 4) is 11.3 Å². The molecule has 0 saturated heterocycles. The lowest BCUT2D eigenvalue weighted by Gasteiger charge is -2.10. The number of para-hydroxylation sites is 1. The van der Waals surface area contributed by atoms with E-state index in [-0.39, 0.29) is 18.4 Å². The van der Waals surface area contributed by atoms with Crippen LogP contribution in [0.2, 0.25) is 5.02 Å². The Morgan fingerprint density at radius 2 is 1.93 bits per heavy atom. The molecule has 6 heteroatoms. The smallest absolute Gasteiger partial charge is 0.221 e. The summed E-state index contributed by atoms with van der Waals surface area (Å²) < 4.78 is 11.5. The Bertz CT molecular complexity index is 1080. The van der Waals surface area contributed by atoms with Crippen LogP contribution in [0.4, 0.5) is 0 Å². The summed E-state index contributed by atoms with van der Waals surface area (Å²) in [5.41, 5.74) is 1.59. The summed E-state index contributed by atoms with van der Waals surface area (Å²) in [6.45, 7) is 1.90. The summed E-state index contributed by atoms with van der Waals surface area (Å²) in [5, 5.41) is 4.57. The number of carbonyl (C=O) groups excluding carboxylic acids is 1. The van der Waals surface area contributed by atoms with Gasteiger partial charge in [-0.05, 0) is 31.2 Å². The minimum atomic E-state index is -0.219. The van der Waals surface area contributed by atoms with E-state index in [0.29, 0.717) is 23.1 Å². The summed E-state index contributed by atoms with van der Waals surface area (Å²) in [4.78, 5) is 16.6. The molecular formula is C22H19ClN2O3. The highest BCUT2D eigenvalue weighted by atomic mass is 35.5. The normalized spacial score (nSPS) is 12.2. The largest absolute Gasteiger partial charge is 0.459 e. The van der Waals surface area contributed by atoms with Crippen molar-refractivity contribution >= 4 is 28.5 Å². The maximum absolute atomic E-state index is 12.3. The molecule has 0 spiro atoms. The second kappa shape index (κ2) is 7.90. The molecule has 5 nitrogen and oxygen atoms in total. The Labute approximate surface area is 167 Å². The number of furan rings is 1. The minimum absolute atomic E-state index is 0.0922. The van der Waals surface area contributed by atoms with Gasteiger partial charge in [-0.3, -0.25) is 4.79 Å². The lowest BCUT2D eigenvalue weighted by atomic mass is 10.2. The molecule has 2 aromatic heterocycles. The highest BCUT2D eigenvalue weighted by Crippen LogP contribution is 2.28. The van der Waals surface area contributed by atoms with E-state index in [1.807, 2.05) is 55.5 Å². The van der Waals surface area contributed by atoms with Crippen LogP contribution < -0.4 is 5.32 Å². The van der Waals surface area contributed by atoms with Crippen LogP contribution in [0.5, 0.6) is 0 Å². The quantitative estimate of drug-likeness (QED) is 0.465. The lowest BCUT2D eigenvalue weighted by molar-refractivity contribution is -0.121. The van der Waals surface area contributed by atoms with Crippen molar-refractivity contribution in [3.63, 3.8) is 0 Å². The molecule has 142 valence electrons. The van der Waals surface area contributed by atoms with E-state index < -0.39 is 0 Å². The number of aryl methyl sites for hydroxylation is 1. The number of fused-ring (bicyclic) bond motifs is 1. The Balaban J connectivity index is 1.35. The molecule has 4 aromatic rings. The number of aromatic nitrogens is 1. The number of benzene rings is 2. The number of halogens is 1. The molecule has 0 aliphatic carbocycles. The highest BCUT2D eigenvalue weighted by Gasteiger charge is 2.15. The van der Waals surface area contributed by atoms with Gasteiger partial charge in [-0.15, -0.1) is 0 Å².